The number of piperidine rings is 1. The minimum atomic E-state index is 0.249. The SMILES string of the molecule is N=C(N)C1CCCN(Cc2nccs2)C1. The first-order chi connectivity index (χ1) is 7.25. The molecule has 1 unspecified atom stereocenters. The molecule has 5 heteroatoms. The molecular weight excluding hydrogens is 208 g/mol. The first-order valence-corrected chi connectivity index (χ1v) is 6.08. The number of hydrogen-bond donors (Lipinski definition) is 2. The van der Waals surface area contributed by atoms with E-state index in [1.54, 1.807) is 11.3 Å². The molecule has 1 saturated heterocycles. The highest BCUT2D eigenvalue weighted by Crippen LogP contribution is 2.18. The molecule has 0 spiro atoms. The van der Waals surface area contributed by atoms with E-state index in [1.807, 2.05) is 11.6 Å². The van der Waals surface area contributed by atoms with Crippen molar-refractivity contribution in [3.63, 3.8) is 0 Å². The Bertz CT molecular complexity index is 322. The number of hydrogen-bond acceptors (Lipinski definition) is 4. The van der Waals surface area contributed by atoms with Crippen molar-refractivity contribution < 1.29 is 0 Å². The second kappa shape index (κ2) is 4.72. The molecule has 0 bridgehead atoms. The van der Waals surface area contributed by atoms with Crippen molar-refractivity contribution >= 4 is 17.2 Å². The fourth-order valence-corrected chi connectivity index (χ4v) is 2.63. The van der Waals surface area contributed by atoms with Gasteiger partial charge in [0, 0.05) is 24.0 Å². The van der Waals surface area contributed by atoms with Crippen molar-refractivity contribution in [3.05, 3.63) is 16.6 Å². The quantitative estimate of drug-likeness (QED) is 0.600. The van der Waals surface area contributed by atoms with Gasteiger partial charge in [0.2, 0.25) is 0 Å². The number of amidine groups is 1. The van der Waals surface area contributed by atoms with Crippen LogP contribution in [0.15, 0.2) is 11.6 Å². The van der Waals surface area contributed by atoms with Gasteiger partial charge in [0.25, 0.3) is 0 Å². The Kier molecular flexibility index (Phi) is 3.33. The van der Waals surface area contributed by atoms with Crippen LogP contribution in [0.5, 0.6) is 0 Å². The van der Waals surface area contributed by atoms with Crippen LogP contribution < -0.4 is 5.73 Å². The van der Waals surface area contributed by atoms with Crippen LogP contribution >= 0.6 is 11.3 Å². The molecule has 2 heterocycles. The third-order valence-corrected chi connectivity index (χ3v) is 3.55. The summed E-state index contributed by atoms with van der Waals surface area (Å²) in [4.78, 5) is 6.61. The highest BCUT2D eigenvalue weighted by molar-refractivity contribution is 7.09. The van der Waals surface area contributed by atoms with Gasteiger partial charge in [0.15, 0.2) is 0 Å². The van der Waals surface area contributed by atoms with Gasteiger partial charge in [0.1, 0.15) is 5.01 Å². The zero-order valence-electron chi connectivity index (χ0n) is 8.65. The molecule has 2 rings (SSSR count). The smallest absolute Gasteiger partial charge is 0.107 e. The minimum absolute atomic E-state index is 0.249. The van der Waals surface area contributed by atoms with E-state index in [4.69, 9.17) is 11.1 Å². The van der Waals surface area contributed by atoms with Crippen molar-refractivity contribution in [1.82, 2.24) is 9.88 Å². The van der Waals surface area contributed by atoms with E-state index in [-0.39, 0.29) is 5.92 Å². The molecule has 3 N–H and O–H groups in total. The van der Waals surface area contributed by atoms with Crippen molar-refractivity contribution in [2.45, 2.75) is 19.4 Å². The van der Waals surface area contributed by atoms with Gasteiger partial charge in [-0.3, -0.25) is 10.3 Å². The number of aromatic nitrogens is 1. The van der Waals surface area contributed by atoms with Gasteiger partial charge < -0.3 is 5.73 Å². The van der Waals surface area contributed by atoms with Crippen LogP contribution in [0.1, 0.15) is 17.8 Å². The Balaban J connectivity index is 1.90. The van der Waals surface area contributed by atoms with Gasteiger partial charge >= 0.3 is 0 Å². The van der Waals surface area contributed by atoms with Crippen molar-refractivity contribution in [2.75, 3.05) is 13.1 Å². The molecule has 0 aromatic carbocycles. The topological polar surface area (TPSA) is 66.0 Å². The van der Waals surface area contributed by atoms with Gasteiger partial charge in [0.05, 0.1) is 12.4 Å². The molecule has 1 aliphatic heterocycles. The van der Waals surface area contributed by atoms with Gasteiger partial charge in [-0.15, -0.1) is 11.3 Å². The average Bonchev–Trinajstić information content (AvgIpc) is 2.71. The van der Waals surface area contributed by atoms with Gasteiger partial charge in [-0.05, 0) is 19.4 Å². The zero-order valence-corrected chi connectivity index (χ0v) is 9.46. The third-order valence-electron chi connectivity index (χ3n) is 2.79. The number of likely N-dealkylation sites (tertiary alicyclic amines) is 1. The highest BCUT2D eigenvalue weighted by Gasteiger charge is 2.22. The van der Waals surface area contributed by atoms with Crippen LogP contribution in [0.3, 0.4) is 0 Å². The number of thiazole rings is 1. The Labute approximate surface area is 93.6 Å². The van der Waals surface area contributed by atoms with Crippen LogP contribution in [0, 0.1) is 11.3 Å². The molecule has 1 aromatic heterocycles. The molecule has 1 aromatic rings. The summed E-state index contributed by atoms with van der Waals surface area (Å²) < 4.78 is 0. The summed E-state index contributed by atoms with van der Waals surface area (Å²) in [5.74, 6) is 0.581. The Morgan fingerprint density at radius 3 is 3.27 bits per heavy atom. The second-order valence-corrected chi connectivity index (χ2v) is 4.93. The summed E-state index contributed by atoms with van der Waals surface area (Å²) in [6, 6.07) is 0. The normalized spacial score (nSPS) is 22.8. The predicted octanol–water partition coefficient (Wildman–Crippen LogP) is 1.29. The fourth-order valence-electron chi connectivity index (χ4n) is 1.98. The number of nitrogens with two attached hydrogens (primary N) is 1. The number of nitrogens with zero attached hydrogens (tertiary/aromatic N) is 2. The summed E-state index contributed by atoms with van der Waals surface area (Å²) in [6.07, 6.45) is 4.03. The lowest BCUT2D eigenvalue weighted by atomic mass is 9.97. The maximum atomic E-state index is 7.47. The largest absolute Gasteiger partial charge is 0.387 e. The maximum Gasteiger partial charge on any atom is 0.107 e. The van der Waals surface area contributed by atoms with Crippen LogP contribution in [0.2, 0.25) is 0 Å². The first-order valence-electron chi connectivity index (χ1n) is 5.20. The summed E-state index contributed by atoms with van der Waals surface area (Å²) in [5.41, 5.74) is 5.55. The Morgan fingerprint density at radius 2 is 2.60 bits per heavy atom. The molecule has 4 nitrogen and oxygen atoms in total. The summed E-state index contributed by atoms with van der Waals surface area (Å²) in [7, 11) is 0. The van der Waals surface area contributed by atoms with Crippen molar-refractivity contribution in [3.8, 4) is 0 Å². The van der Waals surface area contributed by atoms with Crippen LogP contribution in [-0.2, 0) is 6.54 Å². The number of nitrogens with one attached hydrogen (secondary N) is 1. The Hall–Kier alpha value is -0.940. The molecule has 1 atom stereocenters. The summed E-state index contributed by atoms with van der Waals surface area (Å²) in [6.45, 7) is 2.92. The molecule has 1 aliphatic rings. The predicted molar refractivity (Wildman–Crippen MR) is 62.0 cm³/mol. The van der Waals surface area contributed by atoms with E-state index in [9.17, 15) is 0 Å². The van der Waals surface area contributed by atoms with E-state index in [2.05, 4.69) is 9.88 Å². The summed E-state index contributed by atoms with van der Waals surface area (Å²) in [5, 5.41) is 10.6. The van der Waals surface area contributed by atoms with Gasteiger partial charge in [-0.2, -0.15) is 0 Å². The molecule has 0 saturated carbocycles. The lowest BCUT2D eigenvalue weighted by Crippen LogP contribution is -2.40. The lowest BCUT2D eigenvalue weighted by molar-refractivity contribution is 0.195. The average molecular weight is 224 g/mol. The van der Waals surface area contributed by atoms with Crippen LogP contribution in [0.25, 0.3) is 0 Å². The fraction of sp³-hybridized carbons (Fsp3) is 0.600. The molecule has 1 fully saturated rings. The second-order valence-electron chi connectivity index (χ2n) is 3.96. The molecule has 0 amide bonds. The highest BCUT2D eigenvalue weighted by atomic mass is 32.1. The van der Waals surface area contributed by atoms with Gasteiger partial charge in [-0.1, -0.05) is 0 Å². The molecule has 15 heavy (non-hydrogen) atoms. The monoisotopic (exact) mass is 224 g/mol. The first kappa shape index (κ1) is 10.6. The van der Waals surface area contributed by atoms with Crippen molar-refractivity contribution in [1.29, 1.82) is 5.41 Å². The molecule has 0 aliphatic carbocycles. The van der Waals surface area contributed by atoms with E-state index in [1.165, 1.54) is 0 Å². The standard InChI is InChI=1S/C10H16N4S/c11-10(12)8-2-1-4-14(6-8)7-9-13-3-5-15-9/h3,5,8H,1-2,4,6-7H2,(H3,11,12). The molecule has 82 valence electrons. The maximum absolute atomic E-state index is 7.47. The van der Waals surface area contributed by atoms with Gasteiger partial charge in [-0.25, -0.2) is 4.98 Å². The molecule has 0 radical (unpaired) electrons. The van der Waals surface area contributed by atoms with E-state index < -0.39 is 0 Å². The molecular formula is C10H16N4S. The van der Waals surface area contributed by atoms with Crippen LogP contribution in [-0.4, -0.2) is 28.8 Å². The third kappa shape index (κ3) is 2.76. The summed E-state index contributed by atoms with van der Waals surface area (Å²) >= 11 is 1.69. The lowest BCUT2D eigenvalue weighted by Gasteiger charge is -2.31. The zero-order chi connectivity index (χ0) is 10.7. The number of rotatable bonds is 3. The van der Waals surface area contributed by atoms with Crippen molar-refractivity contribution in [2.24, 2.45) is 11.7 Å². The minimum Gasteiger partial charge on any atom is -0.387 e. The van der Waals surface area contributed by atoms with E-state index in [0.717, 1.165) is 37.5 Å². The Morgan fingerprint density at radius 1 is 1.73 bits per heavy atom. The van der Waals surface area contributed by atoms with Crippen LogP contribution in [0.4, 0.5) is 0 Å². The van der Waals surface area contributed by atoms with E-state index >= 15 is 0 Å². The van der Waals surface area contributed by atoms with E-state index in [0.29, 0.717) is 5.84 Å².